The summed E-state index contributed by atoms with van der Waals surface area (Å²) in [5.41, 5.74) is 11.0. The zero-order valence-electron chi connectivity index (χ0n) is 15.4. The lowest BCUT2D eigenvalue weighted by molar-refractivity contribution is -0.137. The highest BCUT2D eigenvalue weighted by Crippen LogP contribution is 2.18. The fourth-order valence-electron chi connectivity index (χ4n) is 2.25. The first-order valence-corrected chi connectivity index (χ1v) is 8.36. The number of rotatable bonds is 11. The molecule has 0 aromatic carbocycles. The standard InChI is InChI=1S/C15H24N6O7/c1-6(22)12(7(2)23)19-15(27)18-9(5-10(17)24)14-20-13(21-28-14)8(16)3-4-11(25)26/h6,8-9,12,22H,3-5,16H2,1-2H3,(H2,17,24)(H,25,26)(H2,18,19,27)/t6?,8-,9-,12-/m0/s1. The minimum Gasteiger partial charge on any atom is -0.481 e. The van der Waals surface area contributed by atoms with Crippen molar-refractivity contribution in [2.45, 2.75) is 57.3 Å². The molecule has 8 N–H and O–H groups in total. The number of nitrogens with zero attached hydrogens (tertiary/aromatic N) is 2. The molecule has 0 radical (unpaired) electrons. The number of aliphatic carboxylic acids is 1. The molecule has 1 rings (SSSR count). The number of nitrogens with two attached hydrogens (primary N) is 2. The fourth-order valence-corrected chi connectivity index (χ4v) is 2.25. The highest BCUT2D eigenvalue weighted by molar-refractivity contribution is 5.87. The number of hydrogen-bond acceptors (Lipinski definition) is 9. The molecule has 3 amide bonds. The number of primary amides is 1. The van der Waals surface area contributed by atoms with E-state index in [4.69, 9.17) is 21.1 Å². The molecule has 0 aliphatic rings. The number of carboxylic acids is 1. The Bertz CT molecular complexity index is 719. The van der Waals surface area contributed by atoms with Crippen LogP contribution in [-0.2, 0) is 14.4 Å². The summed E-state index contributed by atoms with van der Waals surface area (Å²) in [7, 11) is 0. The van der Waals surface area contributed by atoms with E-state index in [1.807, 2.05) is 0 Å². The Balaban J connectivity index is 2.88. The van der Waals surface area contributed by atoms with Gasteiger partial charge in [0.1, 0.15) is 12.1 Å². The Morgan fingerprint density at radius 3 is 2.39 bits per heavy atom. The summed E-state index contributed by atoms with van der Waals surface area (Å²) in [5.74, 6) is -2.47. The van der Waals surface area contributed by atoms with Gasteiger partial charge in [0.2, 0.25) is 11.8 Å². The lowest BCUT2D eigenvalue weighted by atomic mass is 10.1. The van der Waals surface area contributed by atoms with Crippen molar-refractivity contribution in [3.63, 3.8) is 0 Å². The second-order valence-corrected chi connectivity index (χ2v) is 6.20. The topological polar surface area (TPSA) is 224 Å². The monoisotopic (exact) mass is 400 g/mol. The van der Waals surface area contributed by atoms with Crippen LogP contribution in [0.4, 0.5) is 4.79 Å². The molecule has 1 heterocycles. The van der Waals surface area contributed by atoms with E-state index in [0.29, 0.717) is 0 Å². The Morgan fingerprint density at radius 1 is 1.25 bits per heavy atom. The van der Waals surface area contributed by atoms with Crippen LogP contribution >= 0.6 is 0 Å². The minimum atomic E-state index is -1.16. The van der Waals surface area contributed by atoms with E-state index >= 15 is 0 Å². The molecule has 0 aliphatic heterocycles. The van der Waals surface area contributed by atoms with Crippen molar-refractivity contribution in [2.24, 2.45) is 11.5 Å². The first kappa shape index (κ1) is 23.0. The van der Waals surface area contributed by atoms with Crippen molar-refractivity contribution in [1.82, 2.24) is 20.8 Å². The zero-order valence-corrected chi connectivity index (χ0v) is 15.4. The molecule has 0 saturated carbocycles. The number of aliphatic hydroxyl groups is 1. The first-order valence-electron chi connectivity index (χ1n) is 8.36. The lowest BCUT2D eigenvalue weighted by Crippen LogP contribution is -2.51. The third kappa shape index (κ3) is 7.28. The van der Waals surface area contributed by atoms with Crippen molar-refractivity contribution >= 4 is 23.7 Å². The van der Waals surface area contributed by atoms with Crippen LogP contribution in [0.5, 0.6) is 0 Å². The summed E-state index contributed by atoms with van der Waals surface area (Å²) in [6, 6.07) is -3.97. The smallest absolute Gasteiger partial charge is 0.316 e. The van der Waals surface area contributed by atoms with Gasteiger partial charge in [0.05, 0.1) is 18.6 Å². The van der Waals surface area contributed by atoms with Crippen molar-refractivity contribution < 1.29 is 33.9 Å². The van der Waals surface area contributed by atoms with Crippen molar-refractivity contribution in [2.75, 3.05) is 0 Å². The molecule has 28 heavy (non-hydrogen) atoms. The second-order valence-electron chi connectivity index (χ2n) is 6.20. The van der Waals surface area contributed by atoms with Crippen LogP contribution in [0.3, 0.4) is 0 Å². The number of aromatic nitrogens is 2. The lowest BCUT2D eigenvalue weighted by Gasteiger charge is -2.20. The van der Waals surface area contributed by atoms with Gasteiger partial charge in [0.15, 0.2) is 11.6 Å². The normalized spacial score (nSPS) is 15.1. The van der Waals surface area contributed by atoms with Crippen molar-refractivity contribution in [3.8, 4) is 0 Å². The molecular weight excluding hydrogens is 376 g/mol. The Morgan fingerprint density at radius 2 is 1.89 bits per heavy atom. The predicted octanol–water partition coefficient (Wildman–Crippen LogP) is -1.51. The second kappa shape index (κ2) is 10.3. The number of hydrogen-bond donors (Lipinski definition) is 6. The van der Waals surface area contributed by atoms with E-state index in [-0.39, 0.29) is 24.6 Å². The third-order valence-electron chi connectivity index (χ3n) is 3.67. The van der Waals surface area contributed by atoms with Crippen LogP contribution < -0.4 is 22.1 Å². The van der Waals surface area contributed by atoms with Gasteiger partial charge < -0.3 is 36.8 Å². The number of carbonyl (C=O) groups excluding carboxylic acids is 3. The van der Waals surface area contributed by atoms with E-state index in [0.717, 1.165) is 0 Å². The number of nitrogens with one attached hydrogen (secondary N) is 2. The average Bonchev–Trinajstić information content (AvgIpc) is 3.06. The molecule has 4 atom stereocenters. The van der Waals surface area contributed by atoms with Crippen molar-refractivity contribution in [1.29, 1.82) is 0 Å². The number of carbonyl (C=O) groups is 4. The van der Waals surface area contributed by atoms with E-state index in [9.17, 15) is 24.3 Å². The highest BCUT2D eigenvalue weighted by atomic mass is 16.5. The maximum atomic E-state index is 12.1. The summed E-state index contributed by atoms with van der Waals surface area (Å²) in [4.78, 5) is 49.5. The van der Waals surface area contributed by atoms with Gasteiger partial charge in [0, 0.05) is 6.42 Å². The number of ketones is 1. The van der Waals surface area contributed by atoms with E-state index in [1.165, 1.54) is 13.8 Å². The Hall–Kier alpha value is -3.06. The maximum Gasteiger partial charge on any atom is 0.316 e. The molecule has 13 heteroatoms. The summed E-state index contributed by atoms with van der Waals surface area (Å²) < 4.78 is 5.00. The molecule has 156 valence electrons. The van der Waals surface area contributed by atoms with Gasteiger partial charge in [0.25, 0.3) is 0 Å². The van der Waals surface area contributed by atoms with E-state index < -0.39 is 54.3 Å². The highest BCUT2D eigenvalue weighted by Gasteiger charge is 2.28. The van der Waals surface area contributed by atoms with Gasteiger partial charge in [-0.2, -0.15) is 4.98 Å². The van der Waals surface area contributed by atoms with Gasteiger partial charge >= 0.3 is 12.0 Å². The molecule has 13 nitrogen and oxygen atoms in total. The number of urea groups is 1. The van der Waals surface area contributed by atoms with Crippen LogP contribution in [0.15, 0.2) is 4.52 Å². The van der Waals surface area contributed by atoms with E-state index in [1.54, 1.807) is 0 Å². The third-order valence-corrected chi connectivity index (χ3v) is 3.67. The quantitative estimate of drug-likeness (QED) is 0.252. The van der Waals surface area contributed by atoms with Crippen LogP contribution in [-0.4, -0.2) is 56.2 Å². The summed E-state index contributed by atoms with van der Waals surface area (Å²) in [6.45, 7) is 2.53. The molecule has 1 unspecified atom stereocenters. The van der Waals surface area contributed by atoms with Gasteiger partial charge in [-0.25, -0.2) is 4.79 Å². The van der Waals surface area contributed by atoms with Crippen LogP contribution in [0.2, 0.25) is 0 Å². The Kier molecular flexibility index (Phi) is 8.47. The Labute approximate surface area is 159 Å². The molecular formula is C15H24N6O7. The van der Waals surface area contributed by atoms with Crippen LogP contribution in [0.25, 0.3) is 0 Å². The summed E-state index contributed by atoms with van der Waals surface area (Å²) in [5, 5.41) is 26.5. The average molecular weight is 400 g/mol. The number of Topliss-reactive ketones (excluding diaryl/α,β-unsaturated/α-hetero) is 1. The molecule has 0 spiro atoms. The van der Waals surface area contributed by atoms with Gasteiger partial charge in [-0.3, -0.25) is 14.4 Å². The molecule has 1 aromatic rings. The number of amides is 3. The van der Waals surface area contributed by atoms with Crippen molar-refractivity contribution in [3.05, 3.63) is 11.7 Å². The summed E-state index contributed by atoms with van der Waals surface area (Å²) in [6.07, 6.45) is -1.68. The number of aliphatic hydroxyl groups excluding tert-OH is 1. The molecule has 1 aromatic heterocycles. The molecule has 0 fully saturated rings. The SMILES string of the molecule is CC(=O)[C@@H](NC(=O)N[C@@H](CC(N)=O)c1nc([C@@H](N)CCC(=O)O)no1)C(C)O. The van der Waals surface area contributed by atoms with Crippen LogP contribution in [0, 0.1) is 0 Å². The largest absolute Gasteiger partial charge is 0.481 e. The van der Waals surface area contributed by atoms with Gasteiger partial charge in [-0.1, -0.05) is 5.16 Å². The predicted molar refractivity (Wildman–Crippen MR) is 92.5 cm³/mol. The molecule has 0 bridgehead atoms. The summed E-state index contributed by atoms with van der Waals surface area (Å²) >= 11 is 0. The van der Waals surface area contributed by atoms with Gasteiger partial charge in [-0.15, -0.1) is 0 Å². The van der Waals surface area contributed by atoms with Gasteiger partial charge in [-0.05, 0) is 20.3 Å². The molecule has 0 saturated heterocycles. The molecule has 0 aliphatic carbocycles. The minimum absolute atomic E-state index is 0.00137. The number of carboxylic acid groups (broad SMARTS) is 1. The zero-order chi connectivity index (χ0) is 21.4. The van der Waals surface area contributed by atoms with Crippen LogP contribution in [0.1, 0.15) is 56.9 Å². The van der Waals surface area contributed by atoms with E-state index in [2.05, 4.69) is 20.8 Å². The maximum absolute atomic E-state index is 12.1. The first-order chi connectivity index (χ1) is 13.0. The fraction of sp³-hybridized carbons (Fsp3) is 0.600.